The monoisotopic (exact) mass is 630 g/mol. The third-order valence-corrected chi connectivity index (χ3v) is 9.86. The van der Waals surface area contributed by atoms with E-state index >= 15 is 0 Å². The first-order chi connectivity index (χ1) is 22.4. The first kappa shape index (κ1) is 32.1. The number of ether oxygens (including phenoxy) is 1. The molecule has 2 amide bonds. The zero-order valence-electron chi connectivity index (χ0n) is 26.8. The maximum absolute atomic E-state index is 12.9. The highest BCUT2D eigenvalue weighted by Gasteiger charge is 2.30. The first-order valence-electron chi connectivity index (χ1n) is 16.8. The van der Waals surface area contributed by atoms with Crippen molar-refractivity contribution in [2.24, 2.45) is 11.8 Å². The van der Waals surface area contributed by atoms with Crippen molar-refractivity contribution >= 4 is 11.8 Å². The minimum Gasteiger partial charge on any atom is -0.485 e. The SMILES string of the molecule is Cc1c(OCc2cnco2)ccc2c1CCN(C[C@@H](O)CNC(=O)c1cc(CC3CCC(C(=O)N4CCCCC4)CC3)ncn1)C2. The Balaban J connectivity index is 0.931. The largest absolute Gasteiger partial charge is 0.485 e. The van der Waals surface area contributed by atoms with Gasteiger partial charge in [0, 0.05) is 50.9 Å². The minimum atomic E-state index is -0.708. The predicted molar refractivity (Wildman–Crippen MR) is 171 cm³/mol. The second-order valence-electron chi connectivity index (χ2n) is 13.1. The molecular weight excluding hydrogens is 584 g/mol. The van der Waals surface area contributed by atoms with Gasteiger partial charge in [0.25, 0.3) is 5.91 Å². The van der Waals surface area contributed by atoms with Crippen LogP contribution in [0, 0.1) is 18.8 Å². The van der Waals surface area contributed by atoms with Crippen molar-refractivity contribution < 1.29 is 23.8 Å². The molecule has 1 saturated heterocycles. The number of likely N-dealkylation sites (tertiary alicyclic amines) is 1. The number of carbonyl (C=O) groups is 2. The highest BCUT2D eigenvalue weighted by Crippen LogP contribution is 2.33. The van der Waals surface area contributed by atoms with Crippen LogP contribution in [0.3, 0.4) is 0 Å². The summed E-state index contributed by atoms with van der Waals surface area (Å²) in [4.78, 5) is 42.7. The van der Waals surface area contributed by atoms with Crippen LogP contribution >= 0.6 is 0 Å². The minimum absolute atomic E-state index is 0.143. The number of nitrogens with one attached hydrogen (secondary N) is 1. The molecule has 2 aromatic heterocycles. The average Bonchev–Trinajstić information content (AvgIpc) is 3.61. The molecule has 0 bridgehead atoms. The molecule has 2 fully saturated rings. The van der Waals surface area contributed by atoms with Gasteiger partial charge in [-0.05, 0) is 99.5 Å². The Morgan fingerprint density at radius 3 is 2.72 bits per heavy atom. The third kappa shape index (κ3) is 8.11. The number of aliphatic hydroxyl groups excluding tert-OH is 1. The van der Waals surface area contributed by atoms with Gasteiger partial charge < -0.3 is 24.5 Å². The second kappa shape index (κ2) is 15.2. The highest BCUT2D eigenvalue weighted by molar-refractivity contribution is 5.92. The maximum Gasteiger partial charge on any atom is 0.270 e. The Bertz CT molecular complexity index is 1470. The zero-order chi connectivity index (χ0) is 31.9. The van der Waals surface area contributed by atoms with Gasteiger partial charge in [-0.15, -0.1) is 0 Å². The van der Waals surface area contributed by atoms with Crippen molar-refractivity contribution in [1.29, 1.82) is 0 Å². The van der Waals surface area contributed by atoms with Crippen LogP contribution in [0.1, 0.15) is 83.6 Å². The van der Waals surface area contributed by atoms with E-state index in [4.69, 9.17) is 9.15 Å². The summed E-state index contributed by atoms with van der Waals surface area (Å²) in [5, 5.41) is 13.6. The Morgan fingerprint density at radius 2 is 1.93 bits per heavy atom. The summed E-state index contributed by atoms with van der Waals surface area (Å²) < 4.78 is 11.2. The molecule has 1 aliphatic carbocycles. The lowest BCUT2D eigenvalue weighted by atomic mass is 9.79. The molecule has 1 aromatic carbocycles. The van der Waals surface area contributed by atoms with E-state index in [9.17, 15) is 14.7 Å². The van der Waals surface area contributed by atoms with E-state index in [1.54, 1.807) is 12.3 Å². The van der Waals surface area contributed by atoms with Crippen LogP contribution in [-0.2, 0) is 30.8 Å². The molecule has 1 atom stereocenters. The molecule has 1 saturated carbocycles. The summed E-state index contributed by atoms with van der Waals surface area (Å²) >= 11 is 0. The number of benzene rings is 1. The van der Waals surface area contributed by atoms with Crippen LogP contribution in [0.15, 0.2) is 41.5 Å². The van der Waals surface area contributed by atoms with Gasteiger partial charge in [-0.3, -0.25) is 14.5 Å². The molecular formula is C35H46N6O5. The number of fused-ring (bicyclic) bond motifs is 1. The summed E-state index contributed by atoms with van der Waals surface area (Å²) in [7, 11) is 0. The van der Waals surface area contributed by atoms with E-state index in [2.05, 4.69) is 43.1 Å². The summed E-state index contributed by atoms with van der Waals surface area (Å²) in [5.41, 5.74) is 4.80. The predicted octanol–water partition coefficient (Wildman–Crippen LogP) is 3.86. The normalized spacial score (nSPS) is 21.0. The van der Waals surface area contributed by atoms with Gasteiger partial charge in [0.05, 0.1) is 12.3 Å². The fourth-order valence-electron chi connectivity index (χ4n) is 7.23. The van der Waals surface area contributed by atoms with Crippen molar-refractivity contribution in [2.45, 2.75) is 84.0 Å². The first-order valence-corrected chi connectivity index (χ1v) is 16.8. The molecule has 0 spiro atoms. The third-order valence-electron chi connectivity index (χ3n) is 9.86. The van der Waals surface area contributed by atoms with Crippen molar-refractivity contribution in [3.05, 3.63) is 71.0 Å². The van der Waals surface area contributed by atoms with E-state index < -0.39 is 6.10 Å². The molecule has 11 heteroatoms. The fraction of sp³-hybridized carbons (Fsp3) is 0.571. The van der Waals surface area contributed by atoms with Crippen LogP contribution < -0.4 is 10.1 Å². The van der Waals surface area contributed by atoms with Crippen molar-refractivity contribution in [1.82, 2.24) is 30.1 Å². The number of β-amino-alcohol motifs (C(OH)–C–C–N with tert-alkyl or cyclic N) is 1. The number of aromatic nitrogens is 3. The van der Waals surface area contributed by atoms with Crippen LogP contribution in [0.2, 0.25) is 0 Å². The van der Waals surface area contributed by atoms with Crippen LogP contribution in [-0.4, -0.2) is 80.5 Å². The van der Waals surface area contributed by atoms with Gasteiger partial charge in [0.15, 0.2) is 12.2 Å². The Labute approximate surface area is 270 Å². The second-order valence-corrected chi connectivity index (χ2v) is 13.1. The molecule has 0 unspecified atom stereocenters. The number of aliphatic hydroxyl groups is 1. The molecule has 4 heterocycles. The average molecular weight is 631 g/mol. The van der Waals surface area contributed by atoms with Gasteiger partial charge in [-0.1, -0.05) is 6.07 Å². The Kier molecular flexibility index (Phi) is 10.6. The van der Waals surface area contributed by atoms with Gasteiger partial charge in [0.2, 0.25) is 5.91 Å². The smallest absolute Gasteiger partial charge is 0.270 e. The molecule has 0 radical (unpaired) electrons. The number of oxazole rings is 1. The molecule has 3 aliphatic rings. The van der Waals surface area contributed by atoms with Crippen LogP contribution in [0.25, 0.3) is 0 Å². The summed E-state index contributed by atoms with van der Waals surface area (Å²) in [6, 6.07) is 5.84. The Hall–Kier alpha value is -3.83. The van der Waals surface area contributed by atoms with E-state index in [1.807, 2.05) is 6.07 Å². The van der Waals surface area contributed by atoms with E-state index in [0.717, 1.165) is 94.6 Å². The number of nitrogens with zero attached hydrogens (tertiary/aromatic N) is 5. The molecule has 46 heavy (non-hydrogen) atoms. The van der Waals surface area contributed by atoms with Gasteiger partial charge in [-0.25, -0.2) is 15.0 Å². The molecule has 246 valence electrons. The molecule has 2 N–H and O–H groups in total. The van der Waals surface area contributed by atoms with Crippen LogP contribution in [0.5, 0.6) is 5.75 Å². The fourth-order valence-corrected chi connectivity index (χ4v) is 7.23. The highest BCUT2D eigenvalue weighted by atomic mass is 16.5. The molecule has 2 aliphatic heterocycles. The number of rotatable bonds is 11. The summed E-state index contributed by atoms with van der Waals surface area (Å²) in [5.74, 6) is 2.17. The number of carbonyl (C=O) groups excluding carboxylic acids is 2. The lowest BCUT2D eigenvalue weighted by molar-refractivity contribution is -0.137. The summed E-state index contributed by atoms with van der Waals surface area (Å²) in [6.07, 6.45) is 12.8. The zero-order valence-corrected chi connectivity index (χ0v) is 26.8. The van der Waals surface area contributed by atoms with Gasteiger partial charge in [-0.2, -0.15) is 0 Å². The summed E-state index contributed by atoms with van der Waals surface area (Å²) in [6.45, 7) is 6.39. The molecule has 3 aromatic rings. The lowest BCUT2D eigenvalue weighted by Gasteiger charge is -2.34. The lowest BCUT2D eigenvalue weighted by Crippen LogP contribution is -2.42. The van der Waals surface area contributed by atoms with Crippen molar-refractivity contribution in [3.63, 3.8) is 0 Å². The van der Waals surface area contributed by atoms with Crippen LogP contribution in [0.4, 0.5) is 0 Å². The van der Waals surface area contributed by atoms with Crippen molar-refractivity contribution in [2.75, 3.05) is 32.7 Å². The van der Waals surface area contributed by atoms with Gasteiger partial charge in [0.1, 0.15) is 24.4 Å². The quantitative estimate of drug-likeness (QED) is 0.324. The number of amides is 2. The van der Waals surface area contributed by atoms with E-state index in [0.29, 0.717) is 36.4 Å². The van der Waals surface area contributed by atoms with Crippen molar-refractivity contribution in [3.8, 4) is 5.75 Å². The molecule has 11 nitrogen and oxygen atoms in total. The van der Waals surface area contributed by atoms with E-state index in [1.165, 1.54) is 30.3 Å². The Morgan fingerprint density at radius 1 is 1.11 bits per heavy atom. The number of hydrogen-bond acceptors (Lipinski definition) is 9. The topological polar surface area (TPSA) is 134 Å². The molecule has 6 rings (SSSR count). The number of hydrogen-bond donors (Lipinski definition) is 2. The van der Waals surface area contributed by atoms with Gasteiger partial charge >= 0.3 is 0 Å². The van der Waals surface area contributed by atoms with E-state index in [-0.39, 0.29) is 18.4 Å². The standard InChI is InChI=1S/C35H46N6O5/c1-24-31-11-14-40(19-27(31)9-10-33(24)45-21-30-18-36-23-46-30)20-29(42)17-37-34(43)32-16-28(38-22-39-32)15-25-5-7-26(8-6-25)35(44)41-12-3-2-4-13-41/h9-10,16,18,22-23,25-26,29,42H,2-8,11-15,17,19-21H2,1H3,(H,37,43)/t25?,26?,29-/m0/s1. The maximum atomic E-state index is 12.9. The number of piperidine rings is 1.